The third kappa shape index (κ3) is 5.64. The number of hydrogen-bond acceptors (Lipinski definition) is 6. The molecule has 0 saturated heterocycles. The fraction of sp³-hybridized carbons (Fsp3) is 0.778. The van der Waals surface area contributed by atoms with Crippen molar-refractivity contribution in [1.82, 2.24) is 5.32 Å². The molecular weight excluding hydrogens is 216 g/mol. The molecule has 0 bridgehead atoms. The number of nitrogens with two attached hydrogens (primary N) is 1. The largest absolute Gasteiger partial charge is 0.467 e. The van der Waals surface area contributed by atoms with Gasteiger partial charge in [-0.15, -0.1) is 0 Å². The number of hydrogen-bond donors (Lipinski definition) is 3. The topological polar surface area (TPSA) is 111 Å². The number of aliphatic hydroxyl groups excluding tert-OH is 1. The Hall–Kier alpha value is -1.18. The molecule has 0 saturated carbocycles. The summed E-state index contributed by atoms with van der Waals surface area (Å²) in [5.74, 6) is -1.24. The number of carbonyl (C=O) groups is 2. The van der Waals surface area contributed by atoms with Crippen molar-refractivity contribution in [2.75, 3.05) is 27.4 Å². The number of aliphatic hydroxyl groups is 1. The molecule has 4 N–H and O–H groups in total. The maximum atomic E-state index is 11.3. The van der Waals surface area contributed by atoms with E-state index in [-0.39, 0.29) is 6.54 Å². The molecule has 0 aliphatic rings. The minimum absolute atomic E-state index is 0.216. The zero-order chi connectivity index (χ0) is 12.6. The minimum atomic E-state index is -1.37. The molecule has 94 valence electrons. The van der Waals surface area contributed by atoms with Gasteiger partial charge in [-0.3, -0.25) is 4.79 Å². The number of carbonyl (C=O) groups excluding carboxylic acids is 2. The monoisotopic (exact) mass is 234 g/mol. The van der Waals surface area contributed by atoms with Gasteiger partial charge in [0.15, 0.2) is 6.10 Å². The van der Waals surface area contributed by atoms with E-state index in [1.54, 1.807) is 0 Å². The van der Waals surface area contributed by atoms with Gasteiger partial charge in [0.2, 0.25) is 5.91 Å². The van der Waals surface area contributed by atoms with Gasteiger partial charge in [-0.05, 0) is 6.42 Å². The van der Waals surface area contributed by atoms with E-state index in [1.807, 2.05) is 0 Å². The fourth-order valence-corrected chi connectivity index (χ4v) is 0.924. The minimum Gasteiger partial charge on any atom is -0.467 e. The smallest absolute Gasteiger partial charge is 0.336 e. The van der Waals surface area contributed by atoms with Crippen molar-refractivity contribution in [3.63, 3.8) is 0 Å². The van der Waals surface area contributed by atoms with Crippen LogP contribution in [0.2, 0.25) is 0 Å². The van der Waals surface area contributed by atoms with E-state index < -0.39 is 24.0 Å². The molecule has 1 amide bonds. The first-order chi connectivity index (χ1) is 7.52. The molecule has 7 nitrogen and oxygen atoms in total. The predicted molar refractivity (Wildman–Crippen MR) is 55.5 cm³/mol. The number of nitrogens with one attached hydrogen (secondary N) is 1. The van der Waals surface area contributed by atoms with Crippen molar-refractivity contribution < 1.29 is 24.2 Å². The summed E-state index contributed by atoms with van der Waals surface area (Å²) >= 11 is 0. The lowest BCUT2D eigenvalue weighted by Crippen LogP contribution is -2.45. The Morgan fingerprint density at radius 1 is 1.44 bits per heavy atom. The summed E-state index contributed by atoms with van der Waals surface area (Å²) in [7, 11) is 2.66. The molecule has 0 aromatic rings. The molecule has 0 spiro atoms. The molecule has 2 atom stereocenters. The van der Waals surface area contributed by atoms with Crippen LogP contribution >= 0.6 is 0 Å². The summed E-state index contributed by atoms with van der Waals surface area (Å²) in [6.07, 6.45) is -1.00. The van der Waals surface area contributed by atoms with E-state index in [0.29, 0.717) is 13.0 Å². The number of methoxy groups -OCH3 is 2. The highest BCUT2D eigenvalue weighted by Crippen LogP contribution is 1.90. The van der Waals surface area contributed by atoms with Gasteiger partial charge in [-0.2, -0.15) is 0 Å². The Bertz CT molecular complexity index is 234. The van der Waals surface area contributed by atoms with Gasteiger partial charge < -0.3 is 25.6 Å². The van der Waals surface area contributed by atoms with E-state index in [2.05, 4.69) is 10.1 Å². The zero-order valence-electron chi connectivity index (χ0n) is 9.43. The predicted octanol–water partition coefficient (Wildman–Crippen LogP) is -2.00. The maximum Gasteiger partial charge on any atom is 0.336 e. The first-order valence-corrected chi connectivity index (χ1v) is 4.81. The molecule has 0 rings (SSSR count). The van der Waals surface area contributed by atoms with Crippen LogP contribution in [0.1, 0.15) is 6.42 Å². The SMILES string of the molecule is COCCC(N)C(=O)NCC(O)C(=O)OC. The summed E-state index contributed by atoms with van der Waals surface area (Å²) in [6.45, 7) is 0.153. The lowest BCUT2D eigenvalue weighted by molar-refractivity contribution is -0.150. The number of amides is 1. The van der Waals surface area contributed by atoms with Crippen LogP contribution in [0.25, 0.3) is 0 Å². The van der Waals surface area contributed by atoms with Crippen LogP contribution in [-0.2, 0) is 19.1 Å². The second-order valence-electron chi connectivity index (χ2n) is 3.17. The lowest BCUT2D eigenvalue weighted by atomic mass is 10.2. The Morgan fingerprint density at radius 2 is 2.06 bits per heavy atom. The molecule has 2 unspecified atom stereocenters. The van der Waals surface area contributed by atoms with E-state index in [1.165, 1.54) is 7.11 Å². The molecule has 0 aromatic carbocycles. The van der Waals surface area contributed by atoms with E-state index in [4.69, 9.17) is 15.6 Å². The maximum absolute atomic E-state index is 11.3. The van der Waals surface area contributed by atoms with Crippen LogP contribution in [0.4, 0.5) is 0 Å². The second-order valence-corrected chi connectivity index (χ2v) is 3.17. The molecule has 7 heteroatoms. The fourth-order valence-electron chi connectivity index (χ4n) is 0.924. The van der Waals surface area contributed by atoms with Crippen LogP contribution in [-0.4, -0.2) is 56.5 Å². The zero-order valence-corrected chi connectivity index (χ0v) is 9.43. The first-order valence-electron chi connectivity index (χ1n) is 4.81. The second kappa shape index (κ2) is 8.03. The highest BCUT2D eigenvalue weighted by atomic mass is 16.5. The third-order valence-corrected chi connectivity index (χ3v) is 1.91. The van der Waals surface area contributed by atoms with Gasteiger partial charge in [0.05, 0.1) is 19.7 Å². The molecule has 0 aromatic heterocycles. The van der Waals surface area contributed by atoms with Gasteiger partial charge in [0, 0.05) is 13.7 Å². The van der Waals surface area contributed by atoms with Crippen LogP contribution in [0.3, 0.4) is 0 Å². The lowest BCUT2D eigenvalue weighted by Gasteiger charge is -2.13. The summed E-state index contributed by atoms with van der Waals surface area (Å²) in [6, 6.07) is -0.718. The molecule has 16 heavy (non-hydrogen) atoms. The van der Waals surface area contributed by atoms with Crippen molar-refractivity contribution >= 4 is 11.9 Å². The van der Waals surface area contributed by atoms with Crippen molar-refractivity contribution in [1.29, 1.82) is 0 Å². The Kier molecular flexibility index (Phi) is 7.44. The van der Waals surface area contributed by atoms with Crippen LogP contribution < -0.4 is 11.1 Å². The Morgan fingerprint density at radius 3 is 2.56 bits per heavy atom. The van der Waals surface area contributed by atoms with Gasteiger partial charge in [-0.1, -0.05) is 0 Å². The molecule has 0 aliphatic carbocycles. The highest BCUT2D eigenvalue weighted by Gasteiger charge is 2.18. The molecule has 0 aliphatic heterocycles. The van der Waals surface area contributed by atoms with Gasteiger partial charge >= 0.3 is 5.97 Å². The van der Waals surface area contributed by atoms with Crippen LogP contribution in [0.5, 0.6) is 0 Å². The van der Waals surface area contributed by atoms with E-state index in [0.717, 1.165) is 7.11 Å². The molecule has 0 heterocycles. The first kappa shape index (κ1) is 14.8. The standard InChI is InChI=1S/C9H18N2O5/c1-15-4-3-6(10)8(13)11-5-7(12)9(14)16-2/h6-7,12H,3-5,10H2,1-2H3,(H,11,13). The van der Waals surface area contributed by atoms with E-state index in [9.17, 15) is 9.59 Å². The average molecular weight is 234 g/mol. The number of esters is 1. The van der Waals surface area contributed by atoms with Crippen LogP contribution in [0.15, 0.2) is 0 Å². The van der Waals surface area contributed by atoms with Gasteiger partial charge in [-0.25, -0.2) is 4.79 Å². The van der Waals surface area contributed by atoms with Crippen LogP contribution in [0, 0.1) is 0 Å². The Labute approximate surface area is 93.9 Å². The molecule has 0 radical (unpaired) electrons. The summed E-state index contributed by atoms with van der Waals surface area (Å²) in [4.78, 5) is 22.1. The summed E-state index contributed by atoms with van der Waals surface area (Å²) < 4.78 is 9.04. The van der Waals surface area contributed by atoms with Crippen molar-refractivity contribution in [2.45, 2.75) is 18.6 Å². The normalized spacial score (nSPS) is 14.0. The van der Waals surface area contributed by atoms with Gasteiger partial charge in [0.25, 0.3) is 0 Å². The van der Waals surface area contributed by atoms with Crippen molar-refractivity contribution in [3.05, 3.63) is 0 Å². The van der Waals surface area contributed by atoms with Crippen molar-refractivity contribution in [3.8, 4) is 0 Å². The average Bonchev–Trinajstić information content (AvgIpc) is 2.31. The summed E-state index contributed by atoms with van der Waals surface area (Å²) in [5, 5.41) is 11.5. The van der Waals surface area contributed by atoms with Gasteiger partial charge in [0.1, 0.15) is 0 Å². The highest BCUT2D eigenvalue weighted by molar-refractivity contribution is 5.82. The Balaban J connectivity index is 3.83. The number of rotatable bonds is 7. The number of ether oxygens (including phenoxy) is 2. The van der Waals surface area contributed by atoms with E-state index >= 15 is 0 Å². The molecule has 0 fully saturated rings. The third-order valence-electron chi connectivity index (χ3n) is 1.91. The molecular formula is C9H18N2O5. The van der Waals surface area contributed by atoms with Crippen molar-refractivity contribution in [2.24, 2.45) is 5.73 Å². The summed E-state index contributed by atoms with van der Waals surface area (Å²) in [5.41, 5.74) is 5.51. The quantitative estimate of drug-likeness (QED) is 0.439.